The van der Waals surface area contributed by atoms with Gasteiger partial charge in [0.2, 0.25) is 5.91 Å². The monoisotopic (exact) mass is 282 g/mol. The Hall–Kier alpha value is -1.06. The lowest BCUT2D eigenvalue weighted by molar-refractivity contribution is -0.120. The molecular weight excluding hydrogens is 260 g/mol. The van der Waals surface area contributed by atoms with Gasteiger partial charge in [-0.05, 0) is 17.0 Å². The number of anilines is 1. The maximum Gasteiger partial charge on any atom is 0.227 e. The number of benzene rings is 1. The quantitative estimate of drug-likeness (QED) is 0.859. The van der Waals surface area contributed by atoms with E-state index in [1.165, 1.54) is 5.56 Å². The predicted molar refractivity (Wildman–Crippen MR) is 81.8 cm³/mol. The van der Waals surface area contributed by atoms with Crippen molar-refractivity contribution in [3.8, 4) is 0 Å². The molecule has 0 atom stereocenters. The number of amides is 1. The van der Waals surface area contributed by atoms with Gasteiger partial charge in [-0.2, -0.15) is 0 Å². The molecule has 2 rings (SSSR count). The summed E-state index contributed by atoms with van der Waals surface area (Å²) in [5.41, 5.74) is 2.31. The van der Waals surface area contributed by atoms with E-state index in [4.69, 9.17) is 0 Å². The maximum absolute atomic E-state index is 12.4. The van der Waals surface area contributed by atoms with Crippen LogP contribution in [0.2, 0.25) is 0 Å². The molecule has 19 heavy (non-hydrogen) atoms. The van der Waals surface area contributed by atoms with Gasteiger partial charge in [0.05, 0.1) is 0 Å². The van der Waals surface area contributed by atoms with E-state index < -0.39 is 0 Å². The van der Waals surface area contributed by atoms with Gasteiger partial charge in [0.25, 0.3) is 0 Å². The van der Waals surface area contributed by atoms with Crippen LogP contribution in [0.25, 0.3) is 0 Å². The summed E-state index contributed by atoms with van der Waals surface area (Å²) in [6.07, 6.45) is 0.585. The first-order valence-electron chi connectivity index (χ1n) is 6.56. The van der Waals surface area contributed by atoms with Gasteiger partial charge in [-0.15, -0.1) is 12.4 Å². The van der Waals surface area contributed by atoms with Crippen LogP contribution in [0.5, 0.6) is 0 Å². The Kier molecular flexibility index (Phi) is 5.39. The standard InChI is InChI=1S/C15H22N2O.ClH/c1-15(2,3)10-14(18)17-9-8-16-11-12-6-4-5-7-13(12)17;/h4-7,16H,8-11H2,1-3H3;1H. The molecule has 0 saturated heterocycles. The van der Waals surface area contributed by atoms with E-state index in [-0.39, 0.29) is 23.7 Å². The van der Waals surface area contributed by atoms with Crippen molar-refractivity contribution in [2.45, 2.75) is 33.7 Å². The number of nitrogens with one attached hydrogen (secondary N) is 1. The van der Waals surface area contributed by atoms with Crippen LogP contribution in [0.4, 0.5) is 5.69 Å². The number of hydrogen-bond donors (Lipinski definition) is 1. The summed E-state index contributed by atoms with van der Waals surface area (Å²) in [7, 11) is 0. The van der Waals surface area contributed by atoms with Crippen LogP contribution in [0.15, 0.2) is 24.3 Å². The van der Waals surface area contributed by atoms with Crippen molar-refractivity contribution in [3.05, 3.63) is 29.8 Å². The lowest BCUT2D eigenvalue weighted by Crippen LogP contribution is -2.36. The van der Waals surface area contributed by atoms with E-state index in [0.29, 0.717) is 6.42 Å². The normalized spacial score (nSPS) is 15.2. The SMILES string of the molecule is CC(C)(C)CC(=O)N1CCNCc2ccccc21.Cl. The molecule has 4 heteroatoms. The van der Waals surface area contributed by atoms with E-state index in [2.05, 4.69) is 32.2 Å². The molecule has 0 saturated carbocycles. The first-order chi connectivity index (χ1) is 8.47. The molecule has 0 spiro atoms. The van der Waals surface area contributed by atoms with E-state index in [0.717, 1.165) is 25.3 Å². The molecule has 1 aliphatic heterocycles. The van der Waals surface area contributed by atoms with Crippen LogP contribution in [0.3, 0.4) is 0 Å². The van der Waals surface area contributed by atoms with Crippen LogP contribution in [0, 0.1) is 5.41 Å². The minimum absolute atomic E-state index is 0. The van der Waals surface area contributed by atoms with Crippen LogP contribution in [-0.2, 0) is 11.3 Å². The highest BCUT2D eigenvalue weighted by Gasteiger charge is 2.24. The third-order valence-electron chi connectivity index (χ3n) is 3.09. The Morgan fingerprint density at radius 3 is 2.68 bits per heavy atom. The summed E-state index contributed by atoms with van der Waals surface area (Å²) in [5, 5.41) is 3.36. The Morgan fingerprint density at radius 1 is 1.32 bits per heavy atom. The van der Waals surface area contributed by atoms with Gasteiger partial charge in [0.1, 0.15) is 0 Å². The number of rotatable bonds is 1. The average Bonchev–Trinajstić information content (AvgIpc) is 2.48. The Balaban J connectivity index is 0.00000180. The summed E-state index contributed by atoms with van der Waals surface area (Å²) in [4.78, 5) is 14.4. The Labute approximate surface area is 121 Å². The zero-order valence-corrected chi connectivity index (χ0v) is 12.7. The fourth-order valence-corrected chi connectivity index (χ4v) is 2.27. The fraction of sp³-hybridized carbons (Fsp3) is 0.533. The highest BCUT2D eigenvalue weighted by atomic mass is 35.5. The molecule has 0 fully saturated rings. The Bertz CT molecular complexity index is 440. The summed E-state index contributed by atoms with van der Waals surface area (Å²) >= 11 is 0. The molecule has 1 aliphatic rings. The number of nitrogens with zero attached hydrogens (tertiary/aromatic N) is 1. The van der Waals surface area contributed by atoms with Crippen molar-refractivity contribution >= 4 is 24.0 Å². The second kappa shape index (κ2) is 6.40. The van der Waals surface area contributed by atoms with Gasteiger partial charge < -0.3 is 10.2 Å². The number of para-hydroxylation sites is 1. The second-order valence-corrected chi connectivity index (χ2v) is 6.09. The number of fused-ring (bicyclic) bond motifs is 1. The number of halogens is 1. The van der Waals surface area contributed by atoms with Gasteiger partial charge in [0.15, 0.2) is 0 Å². The van der Waals surface area contributed by atoms with Crippen LogP contribution in [0.1, 0.15) is 32.8 Å². The summed E-state index contributed by atoms with van der Waals surface area (Å²) < 4.78 is 0. The van der Waals surface area contributed by atoms with E-state index in [9.17, 15) is 4.79 Å². The zero-order chi connectivity index (χ0) is 13.2. The summed E-state index contributed by atoms with van der Waals surface area (Å²) in [6.45, 7) is 8.76. The molecule has 0 aromatic heterocycles. The largest absolute Gasteiger partial charge is 0.311 e. The molecule has 106 valence electrons. The number of carbonyl (C=O) groups is 1. The van der Waals surface area contributed by atoms with Crippen molar-refractivity contribution in [3.63, 3.8) is 0 Å². The Morgan fingerprint density at radius 2 is 2.00 bits per heavy atom. The van der Waals surface area contributed by atoms with Gasteiger partial charge in [-0.3, -0.25) is 4.79 Å². The van der Waals surface area contributed by atoms with Gasteiger partial charge >= 0.3 is 0 Å². The van der Waals surface area contributed by atoms with Crippen LogP contribution >= 0.6 is 12.4 Å². The molecule has 1 aromatic carbocycles. The highest BCUT2D eigenvalue weighted by molar-refractivity contribution is 5.94. The van der Waals surface area contributed by atoms with Crippen molar-refractivity contribution in [1.82, 2.24) is 5.32 Å². The summed E-state index contributed by atoms with van der Waals surface area (Å²) in [5.74, 6) is 0.221. The molecule has 0 bridgehead atoms. The minimum atomic E-state index is 0. The maximum atomic E-state index is 12.4. The third kappa shape index (κ3) is 4.22. The van der Waals surface area contributed by atoms with Crippen molar-refractivity contribution < 1.29 is 4.79 Å². The highest BCUT2D eigenvalue weighted by Crippen LogP contribution is 2.26. The third-order valence-corrected chi connectivity index (χ3v) is 3.09. The topological polar surface area (TPSA) is 32.3 Å². The van der Waals surface area contributed by atoms with Gasteiger partial charge in [-0.25, -0.2) is 0 Å². The summed E-state index contributed by atoms with van der Waals surface area (Å²) in [6, 6.07) is 8.16. The number of hydrogen-bond acceptors (Lipinski definition) is 2. The predicted octanol–water partition coefficient (Wildman–Crippen LogP) is 2.98. The second-order valence-electron chi connectivity index (χ2n) is 6.09. The minimum Gasteiger partial charge on any atom is -0.311 e. The number of carbonyl (C=O) groups excluding carboxylic acids is 1. The fourth-order valence-electron chi connectivity index (χ4n) is 2.27. The lowest BCUT2D eigenvalue weighted by atomic mass is 9.91. The lowest BCUT2D eigenvalue weighted by Gasteiger charge is -2.26. The molecule has 3 nitrogen and oxygen atoms in total. The molecular formula is C15H23ClN2O. The van der Waals surface area contributed by atoms with Crippen molar-refractivity contribution in [1.29, 1.82) is 0 Å². The molecule has 0 unspecified atom stereocenters. The molecule has 0 radical (unpaired) electrons. The van der Waals surface area contributed by atoms with Crippen LogP contribution < -0.4 is 10.2 Å². The zero-order valence-electron chi connectivity index (χ0n) is 11.9. The van der Waals surface area contributed by atoms with E-state index in [1.54, 1.807) is 0 Å². The molecule has 1 aromatic rings. The van der Waals surface area contributed by atoms with E-state index >= 15 is 0 Å². The molecule has 1 amide bonds. The average molecular weight is 283 g/mol. The van der Waals surface area contributed by atoms with E-state index in [1.807, 2.05) is 23.1 Å². The molecule has 1 N–H and O–H groups in total. The van der Waals surface area contributed by atoms with Crippen molar-refractivity contribution in [2.75, 3.05) is 18.0 Å². The smallest absolute Gasteiger partial charge is 0.227 e. The first-order valence-corrected chi connectivity index (χ1v) is 6.56. The van der Waals surface area contributed by atoms with Crippen molar-refractivity contribution in [2.24, 2.45) is 5.41 Å². The van der Waals surface area contributed by atoms with Gasteiger partial charge in [0, 0.05) is 31.7 Å². The van der Waals surface area contributed by atoms with Crippen LogP contribution in [-0.4, -0.2) is 19.0 Å². The molecule has 1 heterocycles. The molecule has 0 aliphatic carbocycles. The van der Waals surface area contributed by atoms with Gasteiger partial charge in [-0.1, -0.05) is 39.0 Å². The first kappa shape index (κ1) is 16.0.